The van der Waals surface area contributed by atoms with E-state index < -0.39 is 0 Å². The highest BCUT2D eigenvalue weighted by atomic mass is 16.5. The standard InChI is InChI=1S/C28H32NO3/c1-3-16-32-19-21-4-5-26(18-20(2)17-21)28(31)29-14-12-25(13-15-29)27(30)24-10-8-23(9-11-24)22-6-7-22/h4-11,17-18,20,25H,3,12-16,19H2,1-2H3. The molecule has 1 aromatic rings. The lowest BCUT2D eigenvalue weighted by molar-refractivity contribution is -0.128. The van der Waals surface area contributed by atoms with Crippen LogP contribution in [-0.2, 0) is 9.53 Å². The first kappa shape index (κ1) is 22.5. The van der Waals surface area contributed by atoms with Crippen molar-refractivity contribution >= 4 is 17.3 Å². The molecule has 1 aromatic carbocycles. The quantitative estimate of drug-likeness (QED) is 0.421. The van der Waals surface area contributed by atoms with Crippen molar-refractivity contribution in [2.45, 2.75) is 33.1 Å². The molecule has 0 saturated carbocycles. The van der Waals surface area contributed by atoms with Crippen LogP contribution in [0.25, 0.3) is 5.57 Å². The van der Waals surface area contributed by atoms with E-state index in [1.165, 1.54) is 5.57 Å². The third-order valence-corrected chi connectivity index (χ3v) is 6.25. The highest BCUT2D eigenvalue weighted by molar-refractivity contribution is 5.99. The molecule has 3 aliphatic rings. The Labute approximate surface area is 191 Å². The highest BCUT2D eigenvalue weighted by Gasteiger charge is 2.29. The molecule has 1 saturated heterocycles. The predicted octanol–water partition coefficient (Wildman–Crippen LogP) is 5.19. The van der Waals surface area contributed by atoms with Crippen LogP contribution >= 0.6 is 0 Å². The third-order valence-electron chi connectivity index (χ3n) is 6.25. The molecule has 1 fully saturated rings. The lowest BCUT2D eigenvalue weighted by Crippen LogP contribution is -2.40. The molecule has 0 aromatic heterocycles. The van der Waals surface area contributed by atoms with Crippen LogP contribution in [0.5, 0.6) is 0 Å². The number of nitrogens with zero attached hydrogens (tertiary/aromatic N) is 1. The Bertz CT molecular complexity index is 972. The van der Waals surface area contributed by atoms with E-state index in [9.17, 15) is 9.59 Å². The molecule has 0 N–H and O–H groups in total. The van der Waals surface area contributed by atoms with Gasteiger partial charge in [0.25, 0.3) is 5.91 Å². The van der Waals surface area contributed by atoms with Gasteiger partial charge < -0.3 is 9.64 Å². The summed E-state index contributed by atoms with van der Waals surface area (Å²) in [6.45, 7) is 6.75. The van der Waals surface area contributed by atoms with Crippen LogP contribution in [-0.4, -0.2) is 42.9 Å². The zero-order valence-electron chi connectivity index (χ0n) is 19.0. The van der Waals surface area contributed by atoms with E-state index in [-0.39, 0.29) is 23.5 Å². The maximum Gasteiger partial charge on any atom is 0.253 e. The number of rotatable bonds is 8. The van der Waals surface area contributed by atoms with Crippen LogP contribution in [0.15, 0.2) is 65.8 Å². The van der Waals surface area contributed by atoms with E-state index in [2.05, 4.69) is 32.4 Å². The first-order valence-electron chi connectivity index (χ1n) is 11.7. The minimum Gasteiger partial charge on any atom is -0.377 e. The molecule has 1 amide bonds. The summed E-state index contributed by atoms with van der Waals surface area (Å²) in [6, 6.07) is 7.89. The molecule has 0 spiro atoms. The SMILES string of the molecule is CCCOCC1=CC(C)C=C(C(=O)N2CCC(C(=O)c3ccc(C4=C[CH]4)cc3)CC2)C=C1. The third kappa shape index (κ3) is 5.55. The average Bonchev–Trinajstić information content (AvgIpc) is 3.67. The van der Waals surface area contributed by atoms with Gasteiger partial charge in [-0.3, -0.25) is 9.59 Å². The van der Waals surface area contributed by atoms with E-state index in [0.717, 1.165) is 35.3 Å². The van der Waals surface area contributed by atoms with Crippen molar-refractivity contribution < 1.29 is 14.3 Å². The number of hydrogen-bond acceptors (Lipinski definition) is 3. The number of ether oxygens (including phenoxy) is 1. The van der Waals surface area contributed by atoms with Gasteiger partial charge in [-0.1, -0.05) is 62.4 Å². The van der Waals surface area contributed by atoms with Gasteiger partial charge in [0, 0.05) is 43.2 Å². The van der Waals surface area contributed by atoms with Crippen LogP contribution in [0.3, 0.4) is 0 Å². The smallest absolute Gasteiger partial charge is 0.253 e. The Balaban J connectivity index is 1.31. The van der Waals surface area contributed by atoms with E-state index in [1.54, 1.807) is 0 Å². The summed E-state index contributed by atoms with van der Waals surface area (Å²) in [4.78, 5) is 28.0. The second-order valence-electron chi connectivity index (χ2n) is 8.91. The fraction of sp³-hybridized carbons (Fsp3) is 0.393. The molecule has 167 valence electrons. The van der Waals surface area contributed by atoms with Gasteiger partial charge in [-0.05, 0) is 48.0 Å². The van der Waals surface area contributed by atoms with Gasteiger partial charge in [-0.2, -0.15) is 0 Å². The van der Waals surface area contributed by atoms with Crippen LogP contribution in [0, 0.1) is 18.3 Å². The Kier molecular flexibility index (Phi) is 7.21. The summed E-state index contributed by atoms with van der Waals surface area (Å²) in [5.74, 6) is 0.412. The molecule has 4 rings (SSSR count). The van der Waals surface area contributed by atoms with Crippen molar-refractivity contribution in [2.24, 2.45) is 11.8 Å². The van der Waals surface area contributed by atoms with E-state index in [0.29, 0.717) is 32.5 Å². The van der Waals surface area contributed by atoms with Gasteiger partial charge in [0.2, 0.25) is 0 Å². The monoisotopic (exact) mass is 430 g/mol. The molecule has 1 atom stereocenters. The maximum atomic E-state index is 13.1. The van der Waals surface area contributed by atoms with Crippen molar-refractivity contribution in [3.05, 3.63) is 83.3 Å². The number of likely N-dealkylation sites (tertiary alicyclic amines) is 1. The van der Waals surface area contributed by atoms with Gasteiger partial charge in [-0.15, -0.1) is 0 Å². The summed E-state index contributed by atoms with van der Waals surface area (Å²) in [5.41, 5.74) is 5.01. The molecule has 4 heteroatoms. The number of carbonyl (C=O) groups is 2. The van der Waals surface area contributed by atoms with Gasteiger partial charge >= 0.3 is 0 Å². The van der Waals surface area contributed by atoms with Crippen molar-refractivity contribution in [3.63, 3.8) is 0 Å². The Morgan fingerprint density at radius 1 is 1.06 bits per heavy atom. The maximum absolute atomic E-state index is 13.1. The number of piperidine rings is 1. The summed E-state index contributed by atoms with van der Waals surface area (Å²) in [5, 5.41) is 0. The zero-order valence-corrected chi connectivity index (χ0v) is 19.0. The van der Waals surface area contributed by atoms with E-state index in [4.69, 9.17) is 4.74 Å². The number of Topliss-reactive ketones (excluding diaryl/α,β-unsaturated/α-hetero) is 1. The lowest BCUT2D eigenvalue weighted by Gasteiger charge is -2.31. The van der Waals surface area contributed by atoms with Crippen molar-refractivity contribution in [2.75, 3.05) is 26.3 Å². The van der Waals surface area contributed by atoms with E-state index in [1.807, 2.05) is 47.4 Å². The summed E-state index contributed by atoms with van der Waals surface area (Å²) in [7, 11) is 0. The average molecular weight is 431 g/mol. The summed E-state index contributed by atoms with van der Waals surface area (Å²) < 4.78 is 5.66. The highest BCUT2D eigenvalue weighted by Crippen LogP contribution is 2.30. The van der Waals surface area contributed by atoms with Crippen molar-refractivity contribution in [3.8, 4) is 0 Å². The molecule has 2 aliphatic carbocycles. The van der Waals surface area contributed by atoms with Crippen LogP contribution in [0.4, 0.5) is 0 Å². The number of carbonyl (C=O) groups excluding carboxylic acids is 2. The molecule has 1 aliphatic heterocycles. The number of ketones is 1. The molecular weight excluding hydrogens is 398 g/mol. The first-order valence-corrected chi connectivity index (χ1v) is 11.7. The normalized spacial score (nSPS) is 20.9. The molecule has 1 unspecified atom stereocenters. The number of benzene rings is 1. The fourth-order valence-electron chi connectivity index (χ4n) is 4.37. The molecule has 1 heterocycles. The molecule has 1 radical (unpaired) electrons. The molecule has 32 heavy (non-hydrogen) atoms. The number of amides is 1. The van der Waals surface area contributed by atoms with Gasteiger partial charge in [0.1, 0.15) is 0 Å². The van der Waals surface area contributed by atoms with Crippen LogP contribution in [0.1, 0.15) is 49.0 Å². The Hall–Kier alpha value is -2.72. The Morgan fingerprint density at radius 3 is 2.44 bits per heavy atom. The number of allylic oxidation sites excluding steroid dienone is 4. The first-order chi connectivity index (χ1) is 15.5. The lowest BCUT2D eigenvalue weighted by atomic mass is 9.88. The van der Waals surface area contributed by atoms with Crippen LogP contribution < -0.4 is 0 Å². The van der Waals surface area contributed by atoms with Crippen LogP contribution in [0.2, 0.25) is 0 Å². The van der Waals surface area contributed by atoms with Crippen molar-refractivity contribution in [1.29, 1.82) is 0 Å². The minimum atomic E-state index is -0.0156. The number of hydrogen-bond donors (Lipinski definition) is 0. The van der Waals surface area contributed by atoms with Gasteiger partial charge in [-0.25, -0.2) is 0 Å². The largest absolute Gasteiger partial charge is 0.377 e. The second kappa shape index (κ2) is 10.3. The van der Waals surface area contributed by atoms with E-state index >= 15 is 0 Å². The molecular formula is C28H32NO3. The molecule has 0 bridgehead atoms. The summed E-state index contributed by atoms with van der Waals surface area (Å²) in [6.07, 6.45) is 14.7. The summed E-state index contributed by atoms with van der Waals surface area (Å²) >= 11 is 0. The fourth-order valence-corrected chi connectivity index (χ4v) is 4.37. The predicted molar refractivity (Wildman–Crippen MR) is 128 cm³/mol. The molecule has 4 nitrogen and oxygen atoms in total. The topological polar surface area (TPSA) is 46.6 Å². The zero-order chi connectivity index (χ0) is 22.5. The van der Waals surface area contributed by atoms with Crippen molar-refractivity contribution in [1.82, 2.24) is 4.90 Å². The second-order valence-corrected chi connectivity index (χ2v) is 8.91. The van der Waals surface area contributed by atoms with Gasteiger partial charge in [0.05, 0.1) is 6.61 Å². The minimum absolute atomic E-state index is 0.0156. The van der Waals surface area contributed by atoms with Gasteiger partial charge in [0.15, 0.2) is 5.78 Å². The Morgan fingerprint density at radius 2 is 1.78 bits per heavy atom.